The number of benzene rings is 2. The monoisotopic (exact) mass is 348 g/mol. The van der Waals surface area contributed by atoms with Crippen LogP contribution in [0.1, 0.15) is 12.5 Å². The zero-order valence-corrected chi connectivity index (χ0v) is 13.4. The standard InChI is InChI=1S/C20H16F4O/c1-13-16(14-8-4-2-5-9-14)12-17(21)18(19(13)22)20(23,24)25-15-10-6-3-7-11-15/h2-13,19H,1H3. The highest BCUT2D eigenvalue weighted by Crippen LogP contribution is 2.44. The quantitative estimate of drug-likeness (QED) is 0.620. The van der Waals surface area contributed by atoms with Gasteiger partial charge in [-0.25, -0.2) is 8.78 Å². The molecular weight excluding hydrogens is 332 g/mol. The van der Waals surface area contributed by atoms with Crippen molar-refractivity contribution >= 4 is 5.57 Å². The van der Waals surface area contributed by atoms with Crippen molar-refractivity contribution < 1.29 is 22.3 Å². The van der Waals surface area contributed by atoms with Crippen molar-refractivity contribution in [3.05, 3.63) is 83.7 Å². The van der Waals surface area contributed by atoms with Crippen LogP contribution in [0.3, 0.4) is 0 Å². The van der Waals surface area contributed by atoms with Gasteiger partial charge < -0.3 is 4.74 Å². The van der Waals surface area contributed by atoms with Gasteiger partial charge in [0, 0.05) is 5.92 Å². The zero-order valence-electron chi connectivity index (χ0n) is 13.4. The van der Waals surface area contributed by atoms with Gasteiger partial charge in [0.2, 0.25) is 0 Å². The summed E-state index contributed by atoms with van der Waals surface area (Å²) in [5.41, 5.74) is -0.340. The second kappa shape index (κ2) is 6.75. The topological polar surface area (TPSA) is 9.23 Å². The molecule has 0 spiro atoms. The van der Waals surface area contributed by atoms with Crippen molar-refractivity contribution in [2.75, 3.05) is 0 Å². The molecule has 1 aliphatic carbocycles. The fourth-order valence-electron chi connectivity index (χ4n) is 2.85. The van der Waals surface area contributed by atoms with Crippen LogP contribution in [0, 0.1) is 5.92 Å². The van der Waals surface area contributed by atoms with E-state index in [1.165, 1.54) is 31.2 Å². The van der Waals surface area contributed by atoms with Crippen molar-refractivity contribution in [1.29, 1.82) is 0 Å². The van der Waals surface area contributed by atoms with Gasteiger partial charge in [0.1, 0.15) is 23.3 Å². The molecule has 0 amide bonds. The lowest BCUT2D eigenvalue weighted by atomic mass is 9.82. The maximum absolute atomic E-state index is 14.7. The number of hydrogen-bond acceptors (Lipinski definition) is 1. The number of alkyl halides is 3. The van der Waals surface area contributed by atoms with E-state index in [4.69, 9.17) is 0 Å². The van der Waals surface area contributed by atoms with Gasteiger partial charge in [-0.15, -0.1) is 0 Å². The highest BCUT2D eigenvalue weighted by Gasteiger charge is 2.48. The van der Waals surface area contributed by atoms with Crippen LogP contribution in [0.15, 0.2) is 78.1 Å². The smallest absolute Gasteiger partial charge is 0.428 e. The molecular formula is C20H16F4O. The number of para-hydroxylation sites is 1. The maximum atomic E-state index is 14.7. The minimum Gasteiger partial charge on any atom is -0.429 e. The van der Waals surface area contributed by atoms with Gasteiger partial charge in [-0.1, -0.05) is 55.5 Å². The van der Waals surface area contributed by atoms with Crippen LogP contribution in [0.5, 0.6) is 5.75 Å². The van der Waals surface area contributed by atoms with E-state index >= 15 is 0 Å². The number of ether oxygens (including phenoxy) is 1. The molecule has 130 valence electrons. The third-order valence-corrected chi connectivity index (χ3v) is 4.15. The number of halogens is 4. The lowest BCUT2D eigenvalue weighted by molar-refractivity contribution is -0.151. The van der Waals surface area contributed by atoms with Gasteiger partial charge in [0.05, 0.1) is 0 Å². The Morgan fingerprint density at radius 2 is 1.48 bits per heavy atom. The summed E-state index contributed by atoms with van der Waals surface area (Å²) >= 11 is 0. The third-order valence-electron chi connectivity index (χ3n) is 4.15. The van der Waals surface area contributed by atoms with E-state index in [1.54, 1.807) is 36.4 Å². The predicted octanol–water partition coefficient (Wildman–Crippen LogP) is 5.95. The Labute approximate surface area is 143 Å². The molecule has 1 aliphatic rings. The van der Waals surface area contributed by atoms with Crippen LogP contribution >= 0.6 is 0 Å². The van der Waals surface area contributed by atoms with E-state index in [1.807, 2.05) is 0 Å². The minimum atomic E-state index is -4.09. The number of hydrogen-bond donors (Lipinski definition) is 0. The van der Waals surface area contributed by atoms with Crippen molar-refractivity contribution in [2.45, 2.75) is 19.2 Å². The first-order valence-electron chi connectivity index (χ1n) is 7.83. The van der Waals surface area contributed by atoms with Crippen molar-refractivity contribution in [3.63, 3.8) is 0 Å². The third kappa shape index (κ3) is 3.45. The van der Waals surface area contributed by atoms with E-state index in [2.05, 4.69) is 4.74 Å². The fraction of sp³-hybridized carbons (Fsp3) is 0.200. The Hall–Kier alpha value is -2.56. The summed E-state index contributed by atoms with van der Waals surface area (Å²) in [6.45, 7) is 1.45. The van der Waals surface area contributed by atoms with E-state index in [0.29, 0.717) is 11.1 Å². The summed E-state index contributed by atoms with van der Waals surface area (Å²) in [5, 5.41) is 0. The first-order valence-corrected chi connectivity index (χ1v) is 7.83. The molecule has 2 aromatic rings. The van der Waals surface area contributed by atoms with E-state index < -0.39 is 29.6 Å². The maximum Gasteiger partial charge on any atom is 0.428 e. The molecule has 0 aliphatic heterocycles. The molecule has 3 rings (SSSR count). The van der Waals surface area contributed by atoms with Crippen LogP contribution in [-0.4, -0.2) is 12.3 Å². The highest BCUT2D eigenvalue weighted by molar-refractivity contribution is 5.72. The van der Waals surface area contributed by atoms with E-state index in [9.17, 15) is 17.6 Å². The molecule has 0 saturated carbocycles. The first-order chi connectivity index (χ1) is 11.9. The largest absolute Gasteiger partial charge is 0.429 e. The van der Waals surface area contributed by atoms with Crippen LogP contribution in [0.25, 0.3) is 5.57 Å². The summed E-state index contributed by atoms with van der Waals surface area (Å²) in [6, 6.07) is 15.8. The second-order valence-corrected chi connectivity index (χ2v) is 5.85. The molecule has 2 atom stereocenters. The zero-order chi connectivity index (χ0) is 18.0. The molecule has 0 aromatic heterocycles. The molecule has 2 unspecified atom stereocenters. The lowest BCUT2D eigenvalue weighted by Crippen LogP contribution is -2.37. The molecule has 0 radical (unpaired) electrons. The minimum absolute atomic E-state index is 0.162. The highest BCUT2D eigenvalue weighted by atomic mass is 19.3. The Balaban J connectivity index is 1.99. The molecule has 5 heteroatoms. The van der Waals surface area contributed by atoms with E-state index in [-0.39, 0.29) is 5.75 Å². The van der Waals surface area contributed by atoms with Gasteiger partial charge in [-0.3, -0.25) is 0 Å². The predicted molar refractivity (Wildman–Crippen MR) is 88.6 cm³/mol. The van der Waals surface area contributed by atoms with Gasteiger partial charge in [-0.05, 0) is 29.3 Å². The van der Waals surface area contributed by atoms with Gasteiger partial charge in [-0.2, -0.15) is 8.78 Å². The molecule has 0 bridgehead atoms. The molecule has 0 N–H and O–H groups in total. The van der Waals surface area contributed by atoms with Gasteiger partial charge >= 0.3 is 6.11 Å². The number of rotatable bonds is 4. The van der Waals surface area contributed by atoms with Crippen molar-refractivity contribution in [1.82, 2.24) is 0 Å². The number of allylic oxidation sites excluding steroid dienone is 3. The van der Waals surface area contributed by atoms with Crippen molar-refractivity contribution in [2.24, 2.45) is 5.92 Å². The van der Waals surface area contributed by atoms with Gasteiger partial charge in [0.15, 0.2) is 0 Å². The molecule has 25 heavy (non-hydrogen) atoms. The molecule has 0 fully saturated rings. The second-order valence-electron chi connectivity index (χ2n) is 5.85. The van der Waals surface area contributed by atoms with Crippen LogP contribution in [-0.2, 0) is 0 Å². The summed E-state index contributed by atoms with van der Waals surface area (Å²) in [7, 11) is 0. The van der Waals surface area contributed by atoms with Gasteiger partial charge in [0.25, 0.3) is 0 Å². The average Bonchev–Trinajstić information content (AvgIpc) is 2.59. The Kier molecular flexibility index (Phi) is 4.66. The normalized spacial score (nSPS) is 21.1. The van der Waals surface area contributed by atoms with Crippen LogP contribution in [0.2, 0.25) is 0 Å². The van der Waals surface area contributed by atoms with Crippen molar-refractivity contribution in [3.8, 4) is 5.75 Å². The average molecular weight is 348 g/mol. The summed E-state index contributed by atoms with van der Waals surface area (Å²) in [5.74, 6) is -2.39. The first kappa shape index (κ1) is 17.3. The molecule has 2 aromatic carbocycles. The van der Waals surface area contributed by atoms with E-state index in [0.717, 1.165) is 6.08 Å². The van der Waals surface area contributed by atoms with Crippen LogP contribution < -0.4 is 4.74 Å². The molecule has 1 nitrogen and oxygen atoms in total. The van der Waals surface area contributed by atoms with Crippen LogP contribution in [0.4, 0.5) is 17.6 Å². The Morgan fingerprint density at radius 3 is 2.08 bits per heavy atom. The lowest BCUT2D eigenvalue weighted by Gasteiger charge is -2.31. The SMILES string of the molecule is CC1C(c2ccccc2)=CC(F)=C(C(F)(F)Oc2ccccc2)C1F. The Bertz CT molecular complexity index is 797. The summed E-state index contributed by atoms with van der Waals surface area (Å²) in [4.78, 5) is 0. The summed E-state index contributed by atoms with van der Waals surface area (Å²) < 4.78 is 62.5. The summed E-state index contributed by atoms with van der Waals surface area (Å²) in [6.07, 6.45) is -5.31. The fourth-order valence-corrected chi connectivity index (χ4v) is 2.85. The molecule has 0 saturated heterocycles. The molecule has 0 heterocycles. The Morgan fingerprint density at radius 1 is 0.920 bits per heavy atom.